The molecule has 32 heavy (non-hydrogen) atoms. The van der Waals surface area contributed by atoms with Crippen molar-refractivity contribution < 1.29 is 4.79 Å². The summed E-state index contributed by atoms with van der Waals surface area (Å²) < 4.78 is 1.69. The number of amides is 1. The maximum absolute atomic E-state index is 12.9. The molecule has 0 bridgehead atoms. The number of carbonyl (C=O) groups is 1. The second kappa shape index (κ2) is 8.72. The first-order chi connectivity index (χ1) is 15.7. The second-order valence-corrected chi connectivity index (χ2v) is 7.90. The lowest BCUT2D eigenvalue weighted by atomic mass is 10.2. The number of nitrogens with zero attached hydrogens (tertiary/aromatic N) is 7. The molecule has 5 rings (SSSR count). The van der Waals surface area contributed by atoms with Crippen molar-refractivity contribution in [3.63, 3.8) is 0 Å². The molecule has 2 N–H and O–H groups in total. The first-order valence-electron chi connectivity index (χ1n) is 10.6. The summed E-state index contributed by atoms with van der Waals surface area (Å²) in [7, 11) is 0. The van der Waals surface area contributed by atoms with Gasteiger partial charge in [0.2, 0.25) is 0 Å². The van der Waals surface area contributed by atoms with Crippen LogP contribution in [0.3, 0.4) is 0 Å². The second-order valence-electron chi connectivity index (χ2n) is 7.90. The molecule has 2 aromatic carbocycles. The quantitative estimate of drug-likeness (QED) is 0.517. The lowest BCUT2D eigenvalue weighted by Gasteiger charge is -2.33. The Hall–Kier alpha value is -3.85. The Bertz CT molecular complexity index is 1230. The lowest BCUT2D eigenvalue weighted by molar-refractivity contribution is 0.0620. The zero-order valence-corrected chi connectivity index (χ0v) is 17.6. The summed E-state index contributed by atoms with van der Waals surface area (Å²) in [5.41, 5.74) is 8.44. The highest BCUT2D eigenvalue weighted by Gasteiger charge is 2.24. The van der Waals surface area contributed by atoms with Crippen LogP contribution in [0.1, 0.15) is 21.9 Å². The van der Waals surface area contributed by atoms with Gasteiger partial charge in [-0.05, 0) is 17.7 Å². The number of piperazine rings is 1. The average Bonchev–Trinajstić information content (AvgIpc) is 3.28. The highest BCUT2D eigenvalue weighted by Crippen LogP contribution is 2.18. The number of fused-ring (bicyclic) bond motifs is 1. The van der Waals surface area contributed by atoms with Gasteiger partial charge in [0.05, 0.1) is 24.8 Å². The number of aromatic nitrogens is 5. The van der Waals surface area contributed by atoms with E-state index in [1.54, 1.807) is 10.9 Å². The molecule has 2 aromatic heterocycles. The molecule has 1 aliphatic heterocycles. The van der Waals surface area contributed by atoms with E-state index >= 15 is 0 Å². The van der Waals surface area contributed by atoms with Crippen molar-refractivity contribution in [2.24, 2.45) is 0 Å². The lowest BCUT2D eigenvalue weighted by Crippen LogP contribution is -2.48. The zero-order chi connectivity index (χ0) is 21.9. The van der Waals surface area contributed by atoms with E-state index in [-0.39, 0.29) is 5.91 Å². The fraction of sp³-hybridized carbons (Fsp3) is 0.261. The number of hydrogen-bond donors (Lipinski definition) is 1. The van der Waals surface area contributed by atoms with Gasteiger partial charge in [-0.3, -0.25) is 9.69 Å². The Morgan fingerprint density at radius 3 is 2.47 bits per heavy atom. The molecular weight excluding hydrogens is 404 g/mol. The van der Waals surface area contributed by atoms with Crippen LogP contribution in [0.5, 0.6) is 0 Å². The van der Waals surface area contributed by atoms with E-state index in [4.69, 9.17) is 5.73 Å². The summed E-state index contributed by atoms with van der Waals surface area (Å²) in [6, 6.07) is 17.7. The molecule has 1 amide bonds. The minimum atomic E-state index is -0.0878. The highest BCUT2D eigenvalue weighted by molar-refractivity contribution is 5.92. The Balaban J connectivity index is 1.18. The molecule has 9 nitrogen and oxygen atoms in total. The molecule has 0 aliphatic carbocycles. The molecule has 9 heteroatoms. The van der Waals surface area contributed by atoms with Crippen molar-refractivity contribution in [3.05, 3.63) is 77.9 Å². The van der Waals surface area contributed by atoms with Gasteiger partial charge < -0.3 is 10.6 Å². The number of anilines is 1. The van der Waals surface area contributed by atoms with Crippen molar-refractivity contribution in [2.75, 3.05) is 31.9 Å². The summed E-state index contributed by atoms with van der Waals surface area (Å²) in [5, 5.41) is 9.07. The van der Waals surface area contributed by atoms with Crippen LogP contribution in [0.15, 0.2) is 60.8 Å². The summed E-state index contributed by atoms with van der Waals surface area (Å²) in [6.45, 7) is 3.90. The minimum Gasteiger partial charge on any atom is -0.383 e. The van der Waals surface area contributed by atoms with E-state index in [2.05, 4.69) is 25.2 Å². The third-order valence-electron chi connectivity index (χ3n) is 5.65. The number of para-hydroxylation sites is 1. The Kier molecular flexibility index (Phi) is 5.47. The summed E-state index contributed by atoms with van der Waals surface area (Å²) in [5.74, 6) is 1.11. The smallest absolute Gasteiger partial charge is 0.276 e. The molecule has 1 aliphatic rings. The van der Waals surface area contributed by atoms with E-state index in [0.717, 1.165) is 29.6 Å². The largest absolute Gasteiger partial charge is 0.383 e. The van der Waals surface area contributed by atoms with E-state index in [9.17, 15) is 4.79 Å². The van der Waals surface area contributed by atoms with Crippen LogP contribution in [-0.4, -0.2) is 66.8 Å². The molecule has 4 aromatic rings. The molecule has 0 spiro atoms. The number of carbonyl (C=O) groups excluding carboxylic acids is 1. The molecule has 0 saturated carbocycles. The monoisotopic (exact) mass is 428 g/mol. The molecule has 162 valence electrons. The van der Waals surface area contributed by atoms with Crippen molar-refractivity contribution in [3.8, 4) is 0 Å². The maximum Gasteiger partial charge on any atom is 0.276 e. The van der Waals surface area contributed by atoms with Crippen molar-refractivity contribution in [1.82, 2.24) is 34.8 Å². The Morgan fingerprint density at radius 2 is 1.66 bits per heavy atom. The number of benzene rings is 2. The topological polar surface area (TPSA) is 106 Å². The summed E-state index contributed by atoms with van der Waals surface area (Å²) in [4.78, 5) is 26.0. The van der Waals surface area contributed by atoms with Crippen LogP contribution >= 0.6 is 0 Å². The molecule has 0 atom stereocenters. The molecule has 3 heterocycles. The van der Waals surface area contributed by atoms with Crippen LogP contribution in [0.25, 0.3) is 10.9 Å². The highest BCUT2D eigenvalue weighted by atomic mass is 16.2. The van der Waals surface area contributed by atoms with Gasteiger partial charge in [-0.2, -0.15) is 0 Å². The summed E-state index contributed by atoms with van der Waals surface area (Å²) in [6.07, 6.45) is 1.72. The molecule has 0 radical (unpaired) electrons. The van der Waals surface area contributed by atoms with Gasteiger partial charge >= 0.3 is 0 Å². The van der Waals surface area contributed by atoms with Crippen molar-refractivity contribution in [1.29, 1.82) is 0 Å². The van der Waals surface area contributed by atoms with Gasteiger partial charge in [-0.15, -0.1) is 5.10 Å². The minimum absolute atomic E-state index is 0.0878. The Morgan fingerprint density at radius 1 is 0.906 bits per heavy atom. The van der Waals surface area contributed by atoms with Gasteiger partial charge in [-0.1, -0.05) is 47.7 Å². The normalized spacial score (nSPS) is 14.7. The van der Waals surface area contributed by atoms with Crippen molar-refractivity contribution >= 4 is 22.6 Å². The Labute approximate surface area is 185 Å². The van der Waals surface area contributed by atoms with Crippen LogP contribution in [-0.2, 0) is 13.1 Å². The molecule has 1 fully saturated rings. The van der Waals surface area contributed by atoms with Gasteiger partial charge in [0.25, 0.3) is 5.91 Å². The standard InChI is InChI=1S/C23H24N8O/c24-22-18-8-4-5-9-19(18)25-21(26-22)16-29-10-12-30(13-11-29)23(32)20-15-31(28-27-20)14-17-6-2-1-3-7-17/h1-9,15H,10-14,16H2,(H2,24,25,26). The zero-order valence-electron chi connectivity index (χ0n) is 17.6. The van der Waals surface area contributed by atoms with Crippen LogP contribution in [0.2, 0.25) is 0 Å². The van der Waals surface area contributed by atoms with Gasteiger partial charge in [-0.25, -0.2) is 14.6 Å². The van der Waals surface area contributed by atoms with Gasteiger partial charge in [0.15, 0.2) is 5.69 Å². The van der Waals surface area contributed by atoms with Gasteiger partial charge in [0.1, 0.15) is 11.6 Å². The van der Waals surface area contributed by atoms with E-state index in [1.165, 1.54) is 0 Å². The molecule has 1 saturated heterocycles. The number of nitrogens with two attached hydrogens (primary N) is 1. The average molecular weight is 429 g/mol. The van der Waals surface area contributed by atoms with Crippen LogP contribution in [0, 0.1) is 0 Å². The number of hydrogen-bond acceptors (Lipinski definition) is 7. The number of rotatable bonds is 5. The van der Waals surface area contributed by atoms with E-state index < -0.39 is 0 Å². The van der Waals surface area contributed by atoms with E-state index in [1.807, 2.05) is 59.5 Å². The third-order valence-corrected chi connectivity index (χ3v) is 5.65. The fourth-order valence-electron chi connectivity index (χ4n) is 3.94. The van der Waals surface area contributed by atoms with Crippen LogP contribution in [0.4, 0.5) is 5.82 Å². The first-order valence-corrected chi connectivity index (χ1v) is 10.6. The predicted molar refractivity (Wildman–Crippen MR) is 121 cm³/mol. The summed E-state index contributed by atoms with van der Waals surface area (Å²) >= 11 is 0. The third kappa shape index (κ3) is 4.28. The predicted octanol–water partition coefficient (Wildman–Crippen LogP) is 1.81. The van der Waals surface area contributed by atoms with Crippen LogP contribution < -0.4 is 5.73 Å². The number of nitrogen functional groups attached to an aromatic ring is 1. The fourth-order valence-corrected chi connectivity index (χ4v) is 3.94. The van der Waals surface area contributed by atoms with Gasteiger partial charge in [0, 0.05) is 31.6 Å². The first kappa shape index (κ1) is 20.1. The molecule has 0 unspecified atom stereocenters. The van der Waals surface area contributed by atoms with E-state index in [0.29, 0.717) is 43.5 Å². The maximum atomic E-state index is 12.9. The molecular formula is C23H24N8O. The van der Waals surface area contributed by atoms with Crippen molar-refractivity contribution in [2.45, 2.75) is 13.1 Å². The SMILES string of the molecule is Nc1nc(CN2CCN(C(=O)c3cn(Cc4ccccc4)nn3)CC2)nc2ccccc12.